The lowest BCUT2D eigenvalue weighted by atomic mass is 9.97. The van der Waals surface area contributed by atoms with Crippen molar-refractivity contribution in [2.24, 2.45) is 5.11 Å². The zero-order valence-corrected chi connectivity index (χ0v) is 17.9. The Kier molecular flexibility index (Phi) is 8.77. The molecule has 1 saturated heterocycles. The van der Waals surface area contributed by atoms with Crippen LogP contribution in [0.1, 0.15) is 19.4 Å². The maximum Gasteiger partial charge on any atom is 0.303 e. The predicted octanol–water partition coefficient (Wildman–Crippen LogP) is 3.22. The van der Waals surface area contributed by atoms with Crippen molar-refractivity contribution in [2.45, 2.75) is 48.5 Å². The molecule has 0 saturated carbocycles. The highest BCUT2D eigenvalue weighted by molar-refractivity contribution is 7.99. The number of carbonyl (C=O) groups is 2. The number of methoxy groups -OCH3 is 1. The highest BCUT2D eigenvalue weighted by Crippen LogP contribution is 2.39. The van der Waals surface area contributed by atoms with E-state index < -0.39 is 41.7 Å². The molecule has 10 nitrogen and oxygen atoms in total. The molecule has 0 spiro atoms. The van der Waals surface area contributed by atoms with Gasteiger partial charge in [0.15, 0.2) is 0 Å². The van der Waals surface area contributed by atoms with E-state index in [2.05, 4.69) is 16.1 Å². The number of ether oxygens (including phenoxy) is 4. The summed E-state index contributed by atoms with van der Waals surface area (Å²) in [5.41, 5.74) is 8.63. The quantitative estimate of drug-likeness (QED) is 0.264. The Morgan fingerprint density at radius 3 is 2.67 bits per heavy atom. The molecule has 160 valence electrons. The highest BCUT2D eigenvalue weighted by atomic mass is 35.5. The molecule has 0 bridgehead atoms. The standard InChI is InChI=1S/C18H19ClN4O6S/c1-9(24)27-8-13-16(28-10(2)25)15(22-23-21)17(26-3)18(29-13)30-14-6-12(19)5-4-11(14)7-20/h4-6,13,15-18H,8H2,1-3H3/t13-,15+,16+,17-,18-/m1/s1. The van der Waals surface area contributed by atoms with E-state index in [-0.39, 0.29) is 6.61 Å². The minimum atomic E-state index is -1.05. The van der Waals surface area contributed by atoms with Crippen LogP contribution in [-0.2, 0) is 28.5 Å². The number of azide groups is 1. The second-order valence-corrected chi connectivity index (χ2v) is 7.76. The predicted molar refractivity (Wildman–Crippen MR) is 107 cm³/mol. The molecule has 0 N–H and O–H groups in total. The van der Waals surface area contributed by atoms with Gasteiger partial charge in [0.25, 0.3) is 0 Å². The molecule has 5 atom stereocenters. The Balaban J connectivity index is 2.43. The summed E-state index contributed by atoms with van der Waals surface area (Å²) in [4.78, 5) is 26.3. The first kappa shape index (κ1) is 23.8. The van der Waals surface area contributed by atoms with Crippen LogP contribution in [0.25, 0.3) is 10.4 Å². The molecule has 0 unspecified atom stereocenters. The molecule has 0 amide bonds. The maximum atomic E-state index is 11.6. The average molecular weight is 455 g/mol. The smallest absolute Gasteiger partial charge is 0.303 e. The van der Waals surface area contributed by atoms with Gasteiger partial charge in [-0.25, -0.2) is 0 Å². The number of nitrogens with zero attached hydrogens (tertiary/aromatic N) is 4. The summed E-state index contributed by atoms with van der Waals surface area (Å²) < 4.78 is 21.9. The van der Waals surface area contributed by atoms with Crippen LogP contribution in [-0.4, -0.2) is 55.4 Å². The number of carbonyl (C=O) groups excluding carboxylic acids is 2. The fourth-order valence-corrected chi connectivity index (χ4v) is 4.44. The maximum absolute atomic E-state index is 11.6. The van der Waals surface area contributed by atoms with Crippen LogP contribution in [0.2, 0.25) is 5.02 Å². The number of esters is 2. The SMILES string of the molecule is CO[C@@H]1[C@@H](N=[N+]=[N-])[C@@H](OC(C)=O)[C@@H](COC(C)=O)O[C@@H]1Sc1cc(Cl)ccc1C#N. The molecule has 2 rings (SSSR count). The van der Waals surface area contributed by atoms with Crippen molar-refractivity contribution in [3.05, 3.63) is 39.2 Å². The number of nitriles is 1. The fraction of sp³-hybridized carbons (Fsp3) is 0.500. The Bertz CT molecular complexity index is 888. The van der Waals surface area contributed by atoms with E-state index in [1.54, 1.807) is 18.2 Å². The average Bonchev–Trinajstić information content (AvgIpc) is 2.68. The third-order valence-electron chi connectivity index (χ3n) is 4.13. The second-order valence-electron chi connectivity index (χ2n) is 6.19. The van der Waals surface area contributed by atoms with Crippen LogP contribution in [0.4, 0.5) is 0 Å². The van der Waals surface area contributed by atoms with Gasteiger partial charge in [-0.2, -0.15) is 5.26 Å². The summed E-state index contributed by atoms with van der Waals surface area (Å²) in [6.07, 6.45) is -2.81. The van der Waals surface area contributed by atoms with Gasteiger partial charge in [0, 0.05) is 35.8 Å². The topological polar surface area (TPSA) is 144 Å². The molecule has 1 aliphatic heterocycles. The van der Waals surface area contributed by atoms with E-state index in [0.29, 0.717) is 15.5 Å². The van der Waals surface area contributed by atoms with Crippen molar-refractivity contribution in [1.29, 1.82) is 5.26 Å². The van der Waals surface area contributed by atoms with Crippen LogP contribution in [0.3, 0.4) is 0 Å². The monoisotopic (exact) mass is 454 g/mol. The minimum Gasteiger partial charge on any atom is -0.463 e. The van der Waals surface area contributed by atoms with Crippen LogP contribution in [0, 0.1) is 11.3 Å². The van der Waals surface area contributed by atoms with Crippen molar-refractivity contribution < 1.29 is 28.5 Å². The molecule has 0 radical (unpaired) electrons. The van der Waals surface area contributed by atoms with E-state index in [9.17, 15) is 14.9 Å². The molecule has 30 heavy (non-hydrogen) atoms. The number of hydrogen-bond acceptors (Lipinski definition) is 9. The lowest BCUT2D eigenvalue weighted by molar-refractivity contribution is -0.196. The first-order chi connectivity index (χ1) is 14.3. The number of rotatable bonds is 7. The first-order valence-corrected chi connectivity index (χ1v) is 9.95. The van der Waals surface area contributed by atoms with Gasteiger partial charge in [-0.15, -0.1) is 0 Å². The highest BCUT2D eigenvalue weighted by Gasteiger charge is 2.48. The lowest BCUT2D eigenvalue weighted by Crippen LogP contribution is -2.59. The molecule has 1 aliphatic rings. The van der Waals surface area contributed by atoms with Crippen molar-refractivity contribution in [2.75, 3.05) is 13.7 Å². The molecular weight excluding hydrogens is 436 g/mol. The molecule has 1 aromatic carbocycles. The van der Waals surface area contributed by atoms with Gasteiger partial charge in [0.2, 0.25) is 0 Å². The van der Waals surface area contributed by atoms with Crippen molar-refractivity contribution in [3.8, 4) is 6.07 Å². The molecule has 1 fully saturated rings. The summed E-state index contributed by atoms with van der Waals surface area (Å²) in [7, 11) is 1.39. The van der Waals surface area contributed by atoms with E-state index in [4.69, 9.17) is 36.1 Å². The molecule has 0 aromatic heterocycles. The Morgan fingerprint density at radius 2 is 2.10 bits per heavy atom. The molecule has 1 aromatic rings. The van der Waals surface area contributed by atoms with Crippen molar-refractivity contribution >= 4 is 35.3 Å². The molecule has 12 heteroatoms. The minimum absolute atomic E-state index is 0.237. The number of benzene rings is 1. The zero-order chi connectivity index (χ0) is 22.3. The lowest BCUT2D eigenvalue weighted by Gasteiger charge is -2.43. The number of hydrogen-bond donors (Lipinski definition) is 0. The van der Waals surface area contributed by atoms with Gasteiger partial charge in [-0.1, -0.05) is 28.5 Å². The number of thioether (sulfide) groups is 1. The first-order valence-electron chi connectivity index (χ1n) is 8.70. The van der Waals surface area contributed by atoms with Gasteiger partial charge >= 0.3 is 11.9 Å². The largest absolute Gasteiger partial charge is 0.463 e. The van der Waals surface area contributed by atoms with Gasteiger partial charge in [0.05, 0.1) is 5.56 Å². The van der Waals surface area contributed by atoms with E-state index in [1.165, 1.54) is 21.0 Å². The summed E-state index contributed by atoms with van der Waals surface area (Å²) in [5.74, 6) is -1.18. The molecule has 0 aliphatic carbocycles. The third kappa shape index (κ3) is 6.01. The van der Waals surface area contributed by atoms with Crippen LogP contribution < -0.4 is 0 Å². The summed E-state index contributed by atoms with van der Waals surface area (Å²) in [5, 5.41) is 13.5. The van der Waals surface area contributed by atoms with E-state index >= 15 is 0 Å². The van der Waals surface area contributed by atoms with Crippen LogP contribution in [0.15, 0.2) is 28.2 Å². The number of halogens is 1. The van der Waals surface area contributed by atoms with Gasteiger partial charge in [-0.3, -0.25) is 9.59 Å². The Morgan fingerprint density at radius 1 is 1.37 bits per heavy atom. The van der Waals surface area contributed by atoms with Gasteiger partial charge in [0.1, 0.15) is 42.5 Å². The van der Waals surface area contributed by atoms with Crippen LogP contribution in [0.5, 0.6) is 0 Å². The summed E-state index contributed by atoms with van der Waals surface area (Å²) in [6, 6.07) is 5.85. The van der Waals surface area contributed by atoms with E-state index in [1.807, 2.05) is 0 Å². The fourth-order valence-electron chi connectivity index (χ4n) is 2.91. The molecule has 1 heterocycles. The Hall–Kier alpha value is -2.48. The molecular formula is C18H19ClN4O6S. The second kappa shape index (κ2) is 11.1. The van der Waals surface area contributed by atoms with Crippen molar-refractivity contribution in [3.63, 3.8) is 0 Å². The van der Waals surface area contributed by atoms with E-state index in [0.717, 1.165) is 11.8 Å². The van der Waals surface area contributed by atoms with Crippen LogP contribution >= 0.6 is 23.4 Å². The third-order valence-corrected chi connectivity index (χ3v) is 5.57. The van der Waals surface area contributed by atoms with Gasteiger partial charge < -0.3 is 18.9 Å². The van der Waals surface area contributed by atoms with Crippen molar-refractivity contribution in [1.82, 2.24) is 0 Å². The van der Waals surface area contributed by atoms with Gasteiger partial charge in [-0.05, 0) is 23.7 Å². The summed E-state index contributed by atoms with van der Waals surface area (Å²) in [6.45, 7) is 2.19. The zero-order valence-electron chi connectivity index (χ0n) is 16.4. The Labute approximate surface area is 182 Å². The summed E-state index contributed by atoms with van der Waals surface area (Å²) >= 11 is 7.19. The normalized spacial score (nSPS) is 25.5.